The van der Waals surface area contributed by atoms with Gasteiger partial charge < -0.3 is 10.0 Å². The maximum Gasteiger partial charge on any atom is 0.227 e. The number of hydrogen-bond donors (Lipinski definition) is 1. The first-order chi connectivity index (χ1) is 9.61. The number of piperidine rings is 1. The van der Waals surface area contributed by atoms with E-state index in [4.69, 9.17) is 5.26 Å². The van der Waals surface area contributed by atoms with E-state index in [1.54, 1.807) is 4.90 Å². The fraction of sp³-hybridized carbons (Fsp3) is 0.500. The van der Waals surface area contributed by atoms with Gasteiger partial charge in [-0.1, -0.05) is 31.2 Å². The zero-order valence-corrected chi connectivity index (χ0v) is 11.7. The molecular formula is C16H20N2O2. The van der Waals surface area contributed by atoms with Crippen molar-refractivity contribution < 1.29 is 9.90 Å². The highest BCUT2D eigenvalue weighted by Gasteiger charge is 2.27. The van der Waals surface area contributed by atoms with Crippen LogP contribution in [0, 0.1) is 17.2 Å². The number of hydrogen-bond acceptors (Lipinski definition) is 3. The molecule has 1 amide bonds. The second kappa shape index (κ2) is 6.53. The van der Waals surface area contributed by atoms with Crippen LogP contribution in [-0.4, -0.2) is 35.1 Å². The van der Waals surface area contributed by atoms with Gasteiger partial charge in [0, 0.05) is 13.1 Å². The molecule has 1 N–H and O–H groups in total. The summed E-state index contributed by atoms with van der Waals surface area (Å²) < 4.78 is 0. The van der Waals surface area contributed by atoms with Gasteiger partial charge in [-0.05, 0) is 23.5 Å². The SMILES string of the molecule is CC1CCN(C(=O)Cc2ccccc2CC#N)CC1O. The van der Waals surface area contributed by atoms with Crippen molar-refractivity contribution in [2.75, 3.05) is 13.1 Å². The Labute approximate surface area is 119 Å². The van der Waals surface area contributed by atoms with Crippen LogP contribution >= 0.6 is 0 Å². The maximum atomic E-state index is 12.3. The molecule has 1 aliphatic rings. The topological polar surface area (TPSA) is 64.3 Å². The highest BCUT2D eigenvalue weighted by molar-refractivity contribution is 5.79. The Hall–Kier alpha value is -1.86. The van der Waals surface area contributed by atoms with Crippen molar-refractivity contribution in [1.82, 2.24) is 4.90 Å². The minimum atomic E-state index is -0.429. The van der Waals surface area contributed by atoms with Crippen molar-refractivity contribution in [3.05, 3.63) is 35.4 Å². The van der Waals surface area contributed by atoms with Gasteiger partial charge in [-0.15, -0.1) is 0 Å². The maximum absolute atomic E-state index is 12.3. The van der Waals surface area contributed by atoms with Gasteiger partial charge in [0.05, 0.1) is 25.0 Å². The highest BCUT2D eigenvalue weighted by Crippen LogP contribution is 2.18. The molecule has 1 aromatic rings. The summed E-state index contributed by atoms with van der Waals surface area (Å²) in [6.45, 7) is 3.13. The molecule has 0 aliphatic carbocycles. The van der Waals surface area contributed by atoms with Gasteiger partial charge in [0.25, 0.3) is 0 Å². The van der Waals surface area contributed by atoms with Gasteiger partial charge in [0.2, 0.25) is 5.91 Å². The molecule has 4 nitrogen and oxygen atoms in total. The number of amides is 1. The molecule has 0 spiro atoms. The van der Waals surface area contributed by atoms with E-state index in [1.807, 2.05) is 31.2 Å². The Bertz CT molecular complexity index is 521. The van der Waals surface area contributed by atoms with Gasteiger partial charge >= 0.3 is 0 Å². The fourth-order valence-electron chi connectivity index (χ4n) is 2.54. The monoisotopic (exact) mass is 272 g/mol. The van der Waals surface area contributed by atoms with E-state index in [-0.39, 0.29) is 11.8 Å². The summed E-state index contributed by atoms with van der Waals surface area (Å²) in [5.41, 5.74) is 1.82. The summed E-state index contributed by atoms with van der Waals surface area (Å²) in [5, 5.41) is 18.7. The van der Waals surface area contributed by atoms with Crippen LogP contribution in [0.25, 0.3) is 0 Å². The number of nitriles is 1. The number of carbonyl (C=O) groups is 1. The van der Waals surface area contributed by atoms with Gasteiger partial charge in [0.1, 0.15) is 0 Å². The van der Waals surface area contributed by atoms with Gasteiger partial charge in [-0.2, -0.15) is 5.26 Å². The lowest BCUT2D eigenvalue weighted by atomic mass is 9.95. The van der Waals surface area contributed by atoms with Crippen molar-refractivity contribution in [1.29, 1.82) is 5.26 Å². The van der Waals surface area contributed by atoms with E-state index in [9.17, 15) is 9.90 Å². The first kappa shape index (κ1) is 14.5. The number of β-amino-alcohol motifs (C(OH)–C–C–N with tert-alkyl or cyclic N) is 1. The molecule has 1 aromatic carbocycles. The van der Waals surface area contributed by atoms with E-state index < -0.39 is 6.10 Å². The summed E-state index contributed by atoms with van der Waals surface area (Å²) in [4.78, 5) is 14.0. The Morgan fingerprint density at radius 1 is 1.45 bits per heavy atom. The summed E-state index contributed by atoms with van der Waals surface area (Å²) in [6, 6.07) is 9.68. The summed E-state index contributed by atoms with van der Waals surface area (Å²) >= 11 is 0. The molecule has 0 bridgehead atoms. The van der Waals surface area contributed by atoms with Crippen LogP contribution in [0.5, 0.6) is 0 Å². The number of aliphatic hydroxyl groups excluding tert-OH is 1. The predicted molar refractivity (Wildman–Crippen MR) is 75.8 cm³/mol. The molecule has 1 heterocycles. The van der Waals surface area contributed by atoms with E-state index in [1.165, 1.54) is 0 Å². The highest BCUT2D eigenvalue weighted by atomic mass is 16.3. The van der Waals surface area contributed by atoms with Gasteiger partial charge in [-0.25, -0.2) is 0 Å². The molecule has 106 valence electrons. The number of likely N-dealkylation sites (tertiary alicyclic amines) is 1. The normalized spacial score (nSPS) is 22.4. The molecule has 1 aliphatic heterocycles. The number of rotatable bonds is 3. The molecule has 0 radical (unpaired) electrons. The summed E-state index contributed by atoms with van der Waals surface area (Å²) in [7, 11) is 0. The third-order valence-electron chi connectivity index (χ3n) is 4.00. The quantitative estimate of drug-likeness (QED) is 0.907. The molecule has 2 unspecified atom stereocenters. The number of carbonyl (C=O) groups excluding carboxylic acids is 1. The number of aliphatic hydroxyl groups is 1. The van der Waals surface area contributed by atoms with Crippen molar-refractivity contribution in [2.24, 2.45) is 5.92 Å². The van der Waals surface area contributed by atoms with Crippen LogP contribution in [-0.2, 0) is 17.6 Å². The minimum Gasteiger partial charge on any atom is -0.391 e. The largest absolute Gasteiger partial charge is 0.391 e. The van der Waals surface area contributed by atoms with E-state index in [0.717, 1.165) is 17.5 Å². The molecule has 2 rings (SSSR count). The average Bonchev–Trinajstić information content (AvgIpc) is 2.44. The molecule has 0 saturated carbocycles. The lowest BCUT2D eigenvalue weighted by Crippen LogP contribution is -2.46. The number of benzene rings is 1. The lowest BCUT2D eigenvalue weighted by Gasteiger charge is -2.34. The second-order valence-corrected chi connectivity index (χ2v) is 5.45. The molecule has 1 saturated heterocycles. The van der Waals surface area contributed by atoms with Crippen LogP contribution in [0.15, 0.2) is 24.3 Å². The van der Waals surface area contributed by atoms with Crippen molar-refractivity contribution in [3.8, 4) is 6.07 Å². The zero-order valence-electron chi connectivity index (χ0n) is 11.7. The van der Waals surface area contributed by atoms with E-state index in [0.29, 0.717) is 25.9 Å². The summed E-state index contributed by atoms with van der Waals surface area (Å²) in [5.74, 6) is 0.284. The minimum absolute atomic E-state index is 0.0290. The van der Waals surface area contributed by atoms with Gasteiger partial charge in [0.15, 0.2) is 0 Å². The first-order valence-electron chi connectivity index (χ1n) is 7.01. The van der Waals surface area contributed by atoms with Crippen molar-refractivity contribution >= 4 is 5.91 Å². The lowest BCUT2D eigenvalue weighted by molar-refractivity contribution is -0.134. The van der Waals surface area contributed by atoms with Crippen LogP contribution < -0.4 is 0 Å². The van der Waals surface area contributed by atoms with Crippen LogP contribution in [0.2, 0.25) is 0 Å². The molecule has 4 heteroatoms. The fourth-order valence-corrected chi connectivity index (χ4v) is 2.54. The molecule has 0 aromatic heterocycles. The Morgan fingerprint density at radius 3 is 2.80 bits per heavy atom. The van der Waals surface area contributed by atoms with E-state index in [2.05, 4.69) is 6.07 Å². The van der Waals surface area contributed by atoms with Crippen molar-refractivity contribution in [2.45, 2.75) is 32.3 Å². The molecule has 2 atom stereocenters. The third kappa shape index (κ3) is 3.37. The Balaban J connectivity index is 2.03. The van der Waals surface area contributed by atoms with Gasteiger partial charge in [-0.3, -0.25) is 4.79 Å². The Kier molecular flexibility index (Phi) is 4.75. The summed E-state index contributed by atoms with van der Waals surface area (Å²) in [6.07, 6.45) is 1.04. The molecule has 1 fully saturated rings. The van der Waals surface area contributed by atoms with Crippen LogP contribution in [0.3, 0.4) is 0 Å². The smallest absolute Gasteiger partial charge is 0.227 e. The van der Waals surface area contributed by atoms with Crippen LogP contribution in [0.1, 0.15) is 24.5 Å². The van der Waals surface area contributed by atoms with E-state index >= 15 is 0 Å². The zero-order chi connectivity index (χ0) is 14.5. The first-order valence-corrected chi connectivity index (χ1v) is 7.01. The standard InChI is InChI=1S/C16H20N2O2/c1-12-7-9-18(11-15(12)19)16(20)10-14-5-3-2-4-13(14)6-8-17/h2-5,12,15,19H,6-7,9-11H2,1H3. The molecular weight excluding hydrogens is 252 g/mol. The second-order valence-electron chi connectivity index (χ2n) is 5.45. The Morgan fingerprint density at radius 2 is 2.15 bits per heavy atom. The predicted octanol–water partition coefficient (Wildman–Crippen LogP) is 1.52. The average molecular weight is 272 g/mol. The van der Waals surface area contributed by atoms with Crippen LogP contribution in [0.4, 0.5) is 0 Å². The third-order valence-corrected chi connectivity index (χ3v) is 4.00. The van der Waals surface area contributed by atoms with Crippen molar-refractivity contribution in [3.63, 3.8) is 0 Å². The molecule has 20 heavy (non-hydrogen) atoms. The number of nitrogens with zero attached hydrogens (tertiary/aromatic N) is 2.